The molecule has 0 saturated carbocycles. The van der Waals surface area contributed by atoms with Gasteiger partial charge >= 0.3 is 0 Å². The number of nitrogens with two attached hydrogens (primary N) is 1. The summed E-state index contributed by atoms with van der Waals surface area (Å²) in [7, 11) is 0. The van der Waals surface area contributed by atoms with Crippen LogP contribution in [-0.4, -0.2) is 9.38 Å². The molecule has 0 spiro atoms. The van der Waals surface area contributed by atoms with Crippen LogP contribution in [0.3, 0.4) is 0 Å². The molecule has 3 N–H and O–H groups in total. The van der Waals surface area contributed by atoms with Crippen LogP contribution in [0.1, 0.15) is 0 Å². The monoisotopic (exact) mass is 225 g/mol. The number of hydrogen-bond acceptors (Lipinski definition) is 2. The first-order chi connectivity index (χ1) is 8.24. The number of nitrogens with zero attached hydrogens (tertiary/aromatic N) is 1. The summed E-state index contributed by atoms with van der Waals surface area (Å²) >= 11 is 0. The van der Waals surface area contributed by atoms with Crippen molar-refractivity contribution in [2.75, 3.05) is 5.73 Å². The Kier molecular flexibility index (Phi) is 2.01. The standard InChI is InChI=1S/C13H11N3O/c14-10-4-1-3-9(7-10)11-8-16-12(15-11)5-2-6-13(16)17/h1-8,15H,14H2. The molecule has 4 nitrogen and oxygen atoms in total. The smallest absolute Gasteiger partial charge is 0.256 e. The first-order valence-corrected chi connectivity index (χ1v) is 5.30. The fourth-order valence-corrected chi connectivity index (χ4v) is 1.89. The maximum atomic E-state index is 11.6. The molecule has 0 aliphatic carbocycles. The quantitative estimate of drug-likeness (QED) is 0.621. The van der Waals surface area contributed by atoms with Crippen LogP contribution in [0.4, 0.5) is 5.69 Å². The van der Waals surface area contributed by atoms with Gasteiger partial charge in [0.1, 0.15) is 5.65 Å². The van der Waals surface area contributed by atoms with Crippen molar-refractivity contribution in [2.45, 2.75) is 0 Å². The van der Waals surface area contributed by atoms with Crippen LogP contribution in [0.5, 0.6) is 0 Å². The van der Waals surface area contributed by atoms with E-state index in [-0.39, 0.29) is 5.56 Å². The highest BCUT2D eigenvalue weighted by molar-refractivity contribution is 5.66. The first-order valence-electron chi connectivity index (χ1n) is 5.30. The van der Waals surface area contributed by atoms with Gasteiger partial charge in [-0.25, -0.2) is 0 Å². The lowest BCUT2D eigenvalue weighted by molar-refractivity contribution is 1.11. The molecule has 2 heterocycles. The molecule has 0 radical (unpaired) electrons. The number of fused-ring (bicyclic) bond motifs is 1. The Morgan fingerprint density at radius 2 is 1.94 bits per heavy atom. The number of rotatable bonds is 1. The van der Waals surface area contributed by atoms with Crippen molar-refractivity contribution in [3.63, 3.8) is 0 Å². The van der Waals surface area contributed by atoms with Gasteiger partial charge < -0.3 is 10.7 Å². The normalized spacial score (nSPS) is 10.8. The van der Waals surface area contributed by atoms with Gasteiger partial charge in [-0.2, -0.15) is 0 Å². The van der Waals surface area contributed by atoms with Crippen molar-refractivity contribution in [2.24, 2.45) is 0 Å². The van der Waals surface area contributed by atoms with E-state index < -0.39 is 0 Å². The number of hydrogen-bond donors (Lipinski definition) is 2. The number of pyridine rings is 1. The SMILES string of the molecule is Nc1cccc(-c2cn3c(=O)cccc3[nH]2)c1. The molecule has 0 aliphatic rings. The fraction of sp³-hybridized carbons (Fsp3) is 0. The van der Waals surface area contributed by atoms with E-state index in [4.69, 9.17) is 5.73 Å². The molecular formula is C13H11N3O. The molecule has 0 aliphatic heterocycles. The molecular weight excluding hydrogens is 214 g/mol. The highest BCUT2D eigenvalue weighted by atomic mass is 16.1. The maximum absolute atomic E-state index is 11.6. The Morgan fingerprint density at radius 1 is 1.12 bits per heavy atom. The third-order valence-corrected chi connectivity index (χ3v) is 2.71. The lowest BCUT2D eigenvalue weighted by Gasteiger charge is -1.97. The number of anilines is 1. The molecule has 0 fully saturated rings. The zero-order valence-corrected chi connectivity index (χ0v) is 9.05. The van der Waals surface area contributed by atoms with Crippen LogP contribution in [0.15, 0.2) is 53.5 Å². The van der Waals surface area contributed by atoms with Crippen LogP contribution < -0.4 is 11.3 Å². The fourth-order valence-electron chi connectivity index (χ4n) is 1.89. The highest BCUT2D eigenvalue weighted by Crippen LogP contribution is 2.20. The van der Waals surface area contributed by atoms with Gasteiger partial charge in [-0.1, -0.05) is 18.2 Å². The van der Waals surface area contributed by atoms with Gasteiger partial charge in [0.25, 0.3) is 5.56 Å². The van der Waals surface area contributed by atoms with Crippen LogP contribution in [-0.2, 0) is 0 Å². The minimum absolute atomic E-state index is 0.0473. The van der Waals surface area contributed by atoms with Gasteiger partial charge in [-0.3, -0.25) is 9.20 Å². The second-order valence-corrected chi connectivity index (χ2v) is 3.91. The highest BCUT2D eigenvalue weighted by Gasteiger charge is 2.03. The van der Waals surface area contributed by atoms with E-state index in [0.29, 0.717) is 5.69 Å². The van der Waals surface area contributed by atoms with E-state index >= 15 is 0 Å². The largest absolute Gasteiger partial charge is 0.399 e. The van der Waals surface area contributed by atoms with Crippen molar-refractivity contribution in [1.82, 2.24) is 9.38 Å². The van der Waals surface area contributed by atoms with Gasteiger partial charge in [-0.05, 0) is 18.2 Å². The van der Waals surface area contributed by atoms with E-state index in [1.165, 1.54) is 6.07 Å². The van der Waals surface area contributed by atoms with Crippen LogP contribution in [0.25, 0.3) is 16.9 Å². The molecule has 0 bridgehead atoms. The van der Waals surface area contributed by atoms with Crippen molar-refractivity contribution in [3.05, 3.63) is 59.0 Å². The van der Waals surface area contributed by atoms with Gasteiger partial charge in [0, 0.05) is 23.5 Å². The molecule has 4 heteroatoms. The molecule has 1 aromatic carbocycles. The summed E-state index contributed by atoms with van der Waals surface area (Å²) in [6.07, 6.45) is 1.78. The number of imidazole rings is 1. The van der Waals surface area contributed by atoms with Crippen LogP contribution >= 0.6 is 0 Å². The van der Waals surface area contributed by atoms with Gasteiger partial charge in [0.15, 0.2) is 0 Å². The van der Waals surface area contributed by atoms with Gasteiger partial charge in [0.05, 0.1) is 5.69 Å². The molecule has 17 heavy (non-hydrogen) atoms. The summed E-state index contributed by atoms with van der Waals surface area (Å²) < 4.78 is 1.58. The Hall–Kier alpha value is -2.49. The van der Waals surface area contributed by atoms with E-state index in [1.807, 2.05) is 30.3 Å². The van der Waals surface area contributed by atoms with Crippen molar-refractivity contribution in [1.29, 1.82) is 0 Å². The Labute approximate surface area is 97.3 Å². The topological polar surface area (TPSA) is 63.3 Å². The average Bonchev–Trinajstić information content (AvgIpc) is 2.74. The van der Waals surface area contributed by atoms with E-state index in [9.17, 15) is 4.79 Å². The maximum Gasteiger partial charge on any atom is 0.256 e. The Bertz CT molecular complexity index is 740. The summed E-state index contributed by atoms with van der Waals surface area (Å²) in [5.74, 6) is 0. The number of H-pyrrole nitrogens is 1. The van der Waals surface area contributed by atoms with Gasteiger partial charge in [-0.15, -0.1) is 0 Å². The number of nitrogen functional groups attached to an aromatic ring is 1. The molecule has 3 aromatic rings. The number of benzene rings is 1. The zero-order valence-electron chi connectivity index (χ0n) is 9.05. The first kappa shape index (κ1) is 9.72. The lowest BCUT2D eigenvalue weighted by atomic mass is 10.1. The molecule has 0 unspecified atom stereocenters. The summed E-state index contributed by atoms with van der Waals surface area (Å²) in [4.78, 5) is 14.8. The number of nitrogens with one attached hydrogen (secondary N) is 1. The van der Waals surface area contributed by atoms with Crippen LogP contribution in [0.2, 0.25) is 0 Å². The van der Waals surface area contributed by atoms with E-state index in [2.05, 4.69) is 4.98 Å². The predicted molar refractivity (Wildman–Crippen MR) is 67.9 cm³/mol. The molecule has 0 amide bonds. The minimum atomic E-state index is -0.0473. The lowest BCUT2D eigenvalue weighted by Crippen LogP contribution is -2.08. The van der Waals surface area contributed by atoms with E-state index in [1.54, 1.807) is 16.7 Å². The van der Waals surface area contributed by atoms with Crippen molar-refractivity contribution >= 4 is 11.3 Å². The zero-order chi connectivity index (χ0) is 11.8. The number of aromatic nitrogens is 2. The molecule has 0 atom stereocenters. The second kappa shape index (κ2) is 3.52. The van der Waals surface area contributed by atoms with Gasteiger partial charge in [0.2, 0.25) is 0 Å². The van der Waals surface area contributed by atoms with Crippen LogP contribution in [0, 0.1) is 0 Å². The minimum Gasteiger partial charge on any atom is -0.399 e. The molecule has 2 aromatic heterocycles. The summed E-state index contributed by atoms with van der Waals surface area (Å²) in [6, 6.07) is 12.7. The molecule has 84 valence electrons. The predicted octanol–water partition coefficient (Wildman–Crippen LogP) is 1.88. The Balaban J connectivity index is 2.25. The third-order valence-electron chi connectivity index (χ3n) is 2.71. The van der Waals surface area contributed by atoms with Crippen molar-refractivity contribution < 1.29 is 0 Å². The van der Waals surface area contributed by atoms with Crippen molar-refractivity contribution in [3.8, 4) is 11.3 Å². The van der Waals surface area contributed by atoms with E-state index in [0.717, 1.165) is 16.9 Å². The summed E-state index contributed by atoms with van der Waals surface area (Å²) in [5, 5.41) is 0. The molecule has 0 saturated heterocycles. The second-order valence-electron chi connectivity index (χ2n) is 3.91. The number of aromatic amines is 1. The summed E-state index contributed by atoms with van der Waals surface area (Å²) in [6.45, 7) is 0. The Morgan fingerprint density at radius 3 is 2.71 bits per heavy atom. The molecule has 3 rings (SSSR count). The summed E-state index contributed by atoms with van der Waals surface area (Å²) in [5.41, 5.74) is 9.01. The third kappa shape index (κ3) is 1.59. The average molecular weight is 225 g/mol.